The summed E-state index contributed by atoms with van der Waals surface area (Å²) in [4.78, 5) is 35.5. The molecule has 0 bridgehead atoms. The number of nitrogens with zero attached hydrogens (tertiary/aromatic N) is 1. The Kier molecular flexibility index (Phi) is 42.3. The summed E-state index contributed by atoms with van der Waals surface area (Å²) < 4.78 is 34.4. The van der Waals surface area contributed by atoms with Crippen molar-refractivity contribution >= 4 is 19.8 Å². The Morgan fingerprint density at radius 1 is 0.516 bits per heavy atom. The van der Waals surface area contributed by atoms with Crippen molar-refractivity contribution in [3.05, 3.63) is 60.8 Å². The summed E-state index contributed by atoms with van der Waals surface area (Å²) in [5, 5.41) is 0. The fourth-order valence-electron chi connectivity index (χ4n) is 6.65. The molecule has 0 spiro atoms. The van der Waals surface area contributed by atoms with Crippen molar-refractivity contribution in [3.63, 3.8) is 0 Å². The first-order chi connectivity index (χ1) is 30.0. The highest BCUT2D eigenvalue weighted by Crippen LogP contribution is 2.43. The predicted octanol–water partition coefficient (Wildman–Crippen LogP) is 14.8. The second-order valence-electron chi connectivity index (χ2n) is 17.8. The van der Waals surface area contributed by atoms with E-state index in [1.54, 1.807) is 0 Å². The van der Waals surface area contributed by atoms with Gasteiger partial charge in [0.15, 0.2) is 6.10 Å². The second kappa shape index (κ2) is 43.9. The smallest absolute Gasteiger partial charge is 0.462 e. The van der Waals surface area contributed by atoms with Crippen molar-refractivity contribution in [1.29, 1.82) is 0 Å². The van der Waals surface area contributed by atoms with Gasteiger partial charge in [-0.05, 0) is 77.0 Å². The molecular formula is C52H95NO8P+. The number of rotatable bonds is 45. The zero-order valence-electron chi connectivity index (χ0n) is 40.6. The minimum Gasteiger partial charge on any atom is -0.462 e. The number of ether oxygens (including phenoxy) is 2. The lowest BCUT2D eigenvalue weighted by atomic mass is 10.0. The molecule has 0 rings (SSSR count). The van der Waals surface area contributed by atoms with E-state index in [0.717, 1.165) is 70.6 Å². The van der Waals surface area contributed by atoms with Gasteiger partial charge in [-0.2, -0.15) is 0 Å². The van der Waals surface area contributed by atoms with Crippen LogP contribution in [-0.4, -0.2) is 74.9 Å². The molecule has 0 aromatic rings. The molecule has 1 unspecified atom stereocenters. The second-order valence-corrected chi connectivity index (χ2v) is 19.3. The van der Waals surface area contributed by atoms with Crippen molar-refractivity contribution in [1.82, 2.24) is 0 Å². The van der Waals surface area contributed by atoms with E-state index in [-0.39, 0.29) is 26.1 Å². The SMILES string of the molecule is CC/C=C\C/C=C\C/C=C\C/C=C\CCCCCCC(=O)OC[C@H](COP(=O)(O)OCC[N+](C)(C)C)OC(=O)CCCCCCCCCCCCC/C=C\CCCCCCCC. The van der Waals surface area contributed by atoms with E-state index in [1.807, 2.05) is 21.1 Å². The Hall–Kier alpha value is -2.29. The van der Waals surface area contributed by atoms with Crippen molar-refractivity contribution in [2.24, 2.45) is 0 Å². The van der Waals surface area contributed by atoms with Crippen molar-refractivity contribution in [2.75, 3.05) is 47.5 Å². The third-order valence-electron chi connectivity index (χ3n) is 10.5. The molecule has 10 heteroatoms. The molecule has 360 valence electrons. The van der Waals surface area contributed by atoms with Gasteiger partial charge in [-0.15, -0.1) is 0 Å². The van der Waals surface area contributed by atoms with Crippen LogP contribution < -0.4 is 0 Å². The van der Waals surface area contributed by atoms with Crippen molar-refractivity contribution < 1.29 is 42.1 Å². The van der Waals surface area contributed by atoms with Gasteiger partial charge >= 0.3 is 19.8 Å². The molecule has 0 aliphatic rings. The number of phosphoric ester groups is 1. The maximum Gasteiger partial charge on any atom is 0.472 e. The van der Waals surface area contributed by atoms with Crippen LogP contribution in [0.4, 0.5) is 0 Å². The predicted molar refractivity (Wildman–Crippen MR) is 261 cm³/mol. The van der Waals surface area contributed by atoms with Crippen LogP contribution >= 0.6 is 7.82 Å². The Morgan fingerprint density at radius 3 is 1.39 bits per heavy atom. The lowest BCUT2D eigenvalue weighted by Gasteiger charge is -2.24. The van der Waals surface area contributed by atoms with Gasteiger partial charge in [-0.1, -0.05) is 177 Å². The maximum absolute atomic E-state index is 12.8. The summed E-state index contributed by atoms with van der Waals surface area (Å²) in [5.41, 5.74) is 0. The molecule has 0 aromatic carbocycles. The van der Waals surface area contributed by atoms with Gasteiger partial charge in [0.05, 0.1) is 27.7 Å². The van der Waals surface area contributed by atoms with Gasteiger partial charge in [0.2, 0.25) is 0 Å². The minimum atomic E-state index is -4.39. The van der Waals surface area contributed by atoms with Crippen LogP contribution in [0, 0.1) is 0 Å². The molecule has 0 saturated carbocycles. The van der Waals surface area contributed by atoms with E-state index in [0.29, 0.717) is 23.9 Å². The van der Waals surface area contributed by atoms with Crippen LogP contribution in [0.15, 0.2) is 60.8 Å². The summed E-state index contributed by atoms with van der Waals surface area (Å²) in [6, 6.07) is 0. The molecule has 0 heterocycles. The van der Waals surface area contributed by atoms with E-state index in [4.69, 9.17) is 18.5 Å². The first-order valence-corrected chi connectivity index (χ1v) is 26.5. The number of phosphoric acid groups is 1. The van der Waals surface area contributed by atoms with Crippen LogP contribution in [0.5, 0.6) is 0 Å². The van der Waals surface area contributed by atoms with Gasteiger partial charge in [-0.3, -0.25) is 18.6 Å². The van der Waals surface area contributed by atoms with Gasteiger partial charge < -0.3 is 18.9 Å². The van der Waals surface area contributed by atoms with E-state index in [1.165, 1.54) is 96.3 Å². The molecule has 2 atom stereocenters. The molecule has 62 heavy (non-hydrogen) atoms. The number of hydrogen-bond acceptors (Lipinski definition) is 7. The molecule has 0 aromatic heterocycles. The van der Waals surface area contributed by atoms with Crippen molar-refractivity contribution in [2.45, 2.75) is 213 Å². The highest BCUT2D eigenvalue weighted by Gasteiger charge is 2.27. The monoisotopic (exact) mass is 893 g/mol. The number of esters is 2. The Bertz CT molecular complexity index is 1240. The van der Waals surface area contributed by atoms with Crippen molar-refractivity contribution in [3.8, 4) is 0 Å². The van der Waals surface area contributed by atoms with Crippen LogP contribution in [0.1, 0.15) is 206 Å². The largest absolute Gasteiger partial charge is 0.472 e. The lowest BCUT2D eigenvalue weighted by molar-refractivity contribution is -0.870. The average molecular weight is 893 g/mol. The minimum absolute atomic E-state index is 0.0254. The molecule has 0 fully saturated rings. The molecule has 0 saturated heterocycles. The maximum atomic E-state index is 12.8. The summed E-state index contributed by atoms with van der Waals surface area (Å²) in [5.74, 6) is -0.826. The molecule has 0 aliphatic heterocycles. The Labute approximate surface area is 381 Å². The summed E-state index contributed by atoms with van der Waals surface area (Å²) >= 11 is 0. The summed E-state index contributed by atoms with van der Waals surface area (Å²) in [6.45, 7) is 4.29. The van der Waals surface area contributed by atoms with Crippen LogP contribution in [-0.2, 0) is 32.7 Å². The van der Waals surface area contributed by atoms with E-state index < -0.39 is 32.5 Å². The number of hydrogen-bond donors (Lipinski definition) is 1. The van der Waals surface area contributed by atoms with Gasteiger partial charge in [0, 0.05) is 12.8 Å². The zero-order valence-corrected chi connectivity index (χ0v) is 41.5. The molecule has 0 amide bonds. The van der Waals surface area contributed by atoms with E-state index in [2.05, 4.69) is 74.6 Å². The third-order valence-corrected chi connectivity index (χ3v) is 11.5. The highest BCUT2D eigenvalue weighted by molar-refractivity contribution is 7.47. The van der Waals surface area contributed by atoms with Gasteiger partial charge in [-0.25, -0.2) is 4.57 Å². The van der Waals surface area contributed by atoms with Crippen LogP contribution in [0.25, 0.3) is 0 Å². The molecule has 9 nitrogen and oxygen atoms in total. The van der Waals surface area contributed by atoms with Gasteiger partial charge in [0.1, 0.15) is 19.8 Å². The standard InChI is InChI=1S/C52H94NO8P/c1-6-8-10-12-14-16-18-20-22-24-25-26-27-29-31-33-35-37-39-41-43-45-52(55)61-50(49-60-62(56,57)59-47-46-53(3,4)5)48-58-51(54)44-42-40-38-36-34-32-30-28-23-21-19-17-15-13-11-9-7-2/h9,11,15,17,20-23,30,32,50H,6-8,10,12-14,16,18-19,24-29,31,33-49H2,1-5H3/p+1/b11-9-,17-15-,22-20-,23-21-,32-30-/t50-/m1/s1. The number of likely N-dealkylation sites (N-methyl/N-ethyl adjacent to an activating group) is 1. The number of unbranched alkanes of at least 4 members (excludes halogenated alkanes) is 21. The molecular weight excluding hydrogens is 798 g/mol. The Morgan fingerprint density at radius 2 is 0.919 bits per heavy atom. The van der Waals surface area contributed by atoms with E-state index in [9.17, 15) is 19.0 Å². The summed E-state index contributed by atoms with van der Waals surface area (Å²) in [6.07, 6.45) is 54.1. The average Bonchev–Trinajstić information content (AvgIpc) is 3.23. The fraction of sp³-hybridized carbons (Fsp3) is 0.769. The first-order valence-electron chi connectivity index (χ1n) is 25.0. The lowest BCUT2D eigenvalue weighted by Crippen LogP contribution is -2.37. The molecule has 1 N–H and O–H groups in total. The summed E-state index contributed by atoms with van der Waals surface area (Å²) in [7, 11) is 1.46. The normalized spacial score (nSPS) is 14.0. The zero-order chi connectivity index (χ0) is 45.7. The van der Waals surface area contributed by atoms with Crippen LogP contribution in [0.2, 0.25) is 0 Å². The van der Waals surface area contributed by atoms with E-state index >= 15 is 0 Å². The quantitative estimate of drug-likeness (QED) is 0.0212. The van der Waals surface area contributed by atoms with Gasteiger partial charge in [0.25, 0.3) is 0 Å². The third kappa shape index (κ3) is 47.2. The fourth-order valence-corrected chi connectivity index (χ4v) is 7.39. The highest BCUT2D eigenvalue weighted by atomic mass is 31.2. The number of quaternary nitrogens is 1. The topological polar surface area (TPSA) is 108 Å². The van der Waals surface area contributed by atoms with Crippen LogP contribution in [0.3, 0.4) is 0 Å². The molecule has 0 radical (unpaired) electrons. The number of carbonyl (C=O) groups excluding carboxylic acids is 2. The first kappa shape index (κ1) is 59.7. The number of allylic oxidation sites excluding steroid dienone is 10. The Balaban J connectivity index is 4.30. The number of carbonyl (C=O) groups is 2. The molecule has 0 aliphatic carbocycles.